The predicted molar refractivity (Wildman–Crippen MR) is 124 cm³/mol. The van der Waals surface area contributed by atoms with Gasteiger partial charge in [0.1, 0.15) is 18.1 Å². The summed E-state index contributed by atoms with van der Waals surface area (Å²) in [4.78, 5) is 63.7. The van der Waals surface area contributed by atoms with Crippen LogP contribution in [0.4, 0.5) is 0 Å². The van der Waals surface area contributed by atoms with Crippen LogP contribution in [0.2, 0.25) is 0 Å². The summed E-state index contributed by atoms with van der Waals surface area (Å²) in [7, 11) is 0. The Morgan fingerprint density at radius 1 is 0.765 bits per heavy atom. The number of unbranched alkanes of at least 4 members (excludes halogenated alkanes) is 1. The number of carboxylic acids is 1. The fourth-order valence-electron chi connectivity index (χ4n) is 2.88. The van der Waals surface area contributed by atoms with Crippen LogP contribution in [0.3, 0.4) is 0 Å². The molecule has 3 atom stereocenters. The molecule has 0 radical (unpaired) electrons. The summed E-state index contributed by atoms with van der Waals surface area (Å²) in [6, 6.07) is -3.51. The highest BCUT2D eigenvalue weighted by Crippen LogP contribution is 2.06. The average molecular weight is 488 g/mol. The van der Waals surface area contributed by atoms with Crippen LogP contribution >= 0.6 is 0 Å². The zero-order chi connectivity index (χ0) is 26.1. The summed E-state index contributed by atoms with van der Waals surface area (Å²) >= 11 is 0. The summed E-state index contributed by atoms with van der Waals surface area (Å²) in [6.07, 6.45) is 1.25. The molecule has 0 spiro atoms. The van der Waals surface area contributed by atoms with Crippen molar-refractivity contribution in [1.29, 1.82) is 0 Å². The number of amides is 4. The number of carbonyl (C=O) groups excluding carboxylic acids is 4. The highest BCUT2D eigenvalue weighted by molar-refractivity contribution is 5.93. The number of guanidine groups is 1. The highest BCUT2D eigenvalue weighted by atomic mass is 16.4. The lowest BCUT2D eigenvalue weighted by atomic mass is 10.0. The Hall–Kier alpha value is -3.46. The van der Waals surface area contributed by atoms with Crippen LogP contribution in [0.15, 0.2) is 4.99 Å². The van der Waals surface area contributed by atoms with E-state index in [0.29, 0.717) is 25.8 Å². The second-order valence-corrected chi connectivity index (χ2v) is 7.52. The Balaban J connectivity index is 5.36. The molecule has 0 saturated carbocycles. The molecule has 0 fully saturated rings. The predicted octanol–water partition coefficient (Wildman–Crippen LogP) is -4.07. The normalized spacial score (nSPS) is 13.1. The van der Waals surface area contributed by atoms with Crippen molar-refractivity contribution < 1.29 is 29.1 Å². The molecule has 0 bridgehead atoms. The first-order valence-electron chi connectivity index (χ1n) is 10.9. The molecule has 4 amide bonds. The molecular formula is C19H37N9O6. The van der Waals surface area contributed by atoms with Gasteiger partial charge in [0.05, 0.1) is 6.54 Å². The van der Waals surface area contributed by atoms with E-state index in [1.165, 1.54) is 0 Å². The van der Waals surface area contributed by atoms with Gasteiger partial charge < -0.3 is 49.7 Å². The van der Waals surface area contributed by atoms with E-state index < -0.39 is 47.7 Å². The highest BCUT2D eigenvalue weighted by Gasteiger charge is 2.29. The van der Waals surface area contributed by atoms with Gasteiger partial charge in [-0.05, 0) is 45.1 Å². The summed E-state index contributed by atoms with van der Waals surface area (Å²) in [5, 5.41) is 16.7. The maximum atomic E-state index is 12.8. The first-order valence-corrected chi connectivity index (χ1v) is 10.9. The fraction of sp³-hybridized carbons (Fsp3) is 0.684. The Morgan fingerprint density at radius 2 is 1.32 bits per heavy atom. The van der Waals surface area contributed by atoms with Gasteiger partial charge in [0, 0.05) is 13.0 Å². The van der Waals surface area contributed by atoms with E-state index in [1.807, 2.05) is 0 Å². The number of hydrogen-bond acceptors (Lipinski definition) is 8. The monoisotopic (exact) mass is 487 g/mol. The number of aliphatic carboxylic acids is 1. The molecule has 194 valence electrons. The van der Waals surface area contributed by atoms with E-state index in [2.05, 4.69) is 20.9 Å². The van der Waals surface area contributed by atoms with E-state index in [9.17, 15) is 29.1 Å². The van der Waals surface area contributed by atoms with Crippen molar-refractivity contribution in [1.82, 2.24) is 16.0 Å². The molecular weight excluding hydrogens is 450 g/mol. The summed E-state index contributed by atoms with van der Waals surface area (Å²) in [5.41, 5.74) is 26.3. The number of carbonyl (C=O) groups is 5. The smallest absolute Gasteiger partial charge is 0.326 e. The van der Waals surface area contributed by atoms with Gasteiger partial charge in [-0.3, -0.25) is 24.2 Å². The van der Waals surface area contributed by atoms with Gasteiger partial charge in [-0.2, -0.15) is 0 Å². The molecule has 3 unspecified atom stereocenters. The lowest BCUT2D eigenvalue weighted by Gasteiger charge is -2.24. The number of hydrogen-bond donors (Lipinski definition) is 9. The van der Waals surface area contributed by atoms with Crippen LogP contribution in [0.1, 0.15) is 44.9 Å². The second kappa shape index (κ2) is 17.1. The lowest BCUT2D eigenvalue weighted by molar-refractivity contribution is -0.142. The van der Waals surface area contributed by atoms with E-state index >= 15 is 0 Å². The summed E-state index contributed by atoms with van der Waals surface area (Å²) in [6.45, 7) is 0.153. The molecule has 0 rings (SSSR count). The van der Waals surface area contributed by atoms with E-state index in [1.54, 1.807) is 0 Å². The molecule has 0 aromatic rings. The van der Waals surface area contributed by atoms with Crippen LogP contribution in [0, 0.1) is 0 Å². The molecule has 0 aliphatic carbocycles. The topological polar surface area (TPSA) is 284 Å². The number of nitrogens with two attached hydrogens (primary N) is 5. The van der Waals surface area contributed by atoms with Gasteiger partial charge in [0.25, 0.3) is 0 Å². The van der Waals surface area contributed by atoms with E-state index in [-0.39, 0.29) is 44.7 Å². The van der Waals surface area contributed by atoms with Gasteiger partial charge in [-0.15, -0.1) is 0 Å². The zero-order valence-corrected chi connectivity index (χ0v) is 19.1. The van der Waals surface area contributed by atoms with Crippen molar-refractivity contribution in [2.45, 2.75) is 63.1 Å². The van der Waals surface area contributed by atoms with Crippen molar-refractivity contribution in [3.05, 3.63) is 0 Å². The Kier molecular flexibility index (Phi) is 15.3. The molecule has 0 saturated heterocycles. The molecule has 0 aliphatic heterocycles. The van der Waals surface area contributed by atoms with Gasteiger partial charge in [0.15, 0.2) is 5.96 Å². The third kappa shape index (κ3) is 13.8. The van der Waals surface area contributed by atoms with Gasteiger partial charge >= 0.3 is 5.97 Å². The zero-order valence-electron chi connectivity index (χ0n) is 19.1. The number of aliphatic imine (C=N–C) groups is 1. The number of carboxylic acid groups (broad SMARTS) is 1. The number of primary amides is 1. The average Bonchev–Trinajstić information content (AvgIpc) is 2.76. The quantitative estimate of drug-likeness (QED) is 0.0511. The van der Waals surface area contributed by atoms with Gasteiger partial charge in [-0.25, -0.2) is 4.79 Å². The van der Waals surface area contributed by atoms with Crippen LogP contribution < -0.4 is 44.6 Å². The number of nitrogens with one attached hydrogen (secondary N) is 3. The summed E-state index contributed by atoms with van der Waals surface area (Å²) < 4.78 is 0. The first-order chi connectivity index (χ1) is 16.0. The van der Waals surface area contributed by atoms with E-state index in [4.69, 9.17) is 28.7 Å². The summed E-state index contributed by atoms with van der Waals surface area (Å²) in [5.74, 6) is -4.18. The maximum Gasteiger partial charge on any atom is 0.326 e. The minimum Gasteiger partial charge on any atom is -0.480 e. The largest absolute Gasteiger partial charge is 0.480 e. The third-order valence-electron chi connectivity index (χ3n) is 4.66. The van der Waals surface area contributed by atoms with Gasteiger partial charge in [0.2, 0.25) is 23.6 Å². The van der Waals surface area contributed by atoms with Crippen LogP contribution in [-0.2, 0) is 24.0 Å². The molecule has 0 aromatic carbocycles. The fourth-order valence-corrected chi connectivity index (χ4v) is 2.88. The Labute approximate surface area is 197 Å². The van der Waals surface area contributed by atoms with E-state index in [0.717, 1.165) is 0 Å². The Morgan fingerprint density at radius 3 is 1.82 bits per heavy atom. The minimum absolute atomic E-state index is 0.0507. The maximum absolute atomic E-state index is 12.8. The van der Waals surface area contributed by atoms with Crippen molar-refractivity contribution in [3.8, 4) is 0 Å². The molecule has 14 N–H and O–H groups in total. The first kappa shape index (κ1) is 30.5. The van der Waals surface area contributed by atoms with Crippen LogP contribution in [-0.4, -0.2) is 78.4 Å². The molecule has 15 nitrogen and oxygen atoms in total. The molecule has 15 heteroatoms. The minimum atomic E-state index is -1.26. The molecule has 0 heterocycles. The number of rotatable bonds is 18. The van der Waals surface area contributed by atoms with Crippen LogP contribution in [0.25, 0.3) is 0 Å². The lowest BCUT2D eigenvalue weighted by Crippen LogP contribution is -2.56. The van der Waals surface area contributed by atoms with Crippen molar-refractivity contribution >= 4 is 35.6 Å². The third-order valence-corrected chi connectivity index (χ3v) is 4.66. The molecule has 0 aromatic heterocycles. The van der Waals surface area contributed by atoms with Gasteiger partial charge in [-0.1, -0.05) is 0 Å². The molecule has 34 heavy (non-hydrogen) atoms. The SMILES string of the molecule is NCCCCC(NC(=O)C(CCC(N)=O)NC(=O)CN)C(=O)NC(CCCN=C(N)N)C(=O)O. The standard InChI is InChI=1S/C19H37N9O6/c20-8-2-1-4-11(16(31)28-13(18(33)34)5-3-9-25-19(23)24)27-17(32)12(6-7-14(22)29)26-15(30)10-21/h11-13H,1-10,20-21H2,(H2,22,29)(H,26,30)(H,27,32)(H,28,31)(H,33,34)(H4,23,24,25). The van der Waals surface area contributed by atoms with Crippen molar-refractivity contribution in [2.24, 2.45) is 33.7 Å². The molecule has 0 aliphatic rings. The van der Waals surface area contributed by atoms with Crippen molar-refractivity contribution in [2.75, 3.05) is 19.6 Å². The van der Waals surface area contributed by atoms with Crippen LogP contribution in [0.5, 0.6) is 0 Å². The second-order valence-electron chi connectivity index (χ2n) is 7.52. The van der Waals surface area contributed by atoms with Crippen molar-refractivity contribution in [3.63, 3.8) is 0 Å². The number of nitrogens with zero attached hydrogens (tertiary/aromatic N) is 1. The Bertz CT molecular complexity index is 727.